The van der Waals surface area contributed by atoms with Gasteiger partial charge in [-0.05, 0) is 55.7 Å². The predicted octanol–water partition coefficient (Wildman–Crippen LogP) is 3.51. The second kappa shape index (κ2) is 4.25. The lowest BCUT2D eigenvalue weighted by Gasteiger charge is -2.09. The molecule has 4 N–H and O–H groups in total. The Bertz CT molecular complexity index is 823. The van der Waals surface area contributed by atoms with Gasteiger partial charge in [0.1, 0.15) is 5.82 Å². The third kappa shape index (κ3) is 2.03. The van der Waals surface area contributed by atoms with Crippen molar-refractivity contribution >= 4 is 22.4 Å². The van der Waals surface area contributed by atoms with Crippen LogP contribution in [0.3, 0.4) is 0 Å². The lowest BCUT2D eigenvalue weighted by Crippen LogP contribution is -1.99. The lowest BCUT2D eigenvalue weighted by molar-refractivity contribution is 0.775. The maximum Gasteiger partial charge on any atom is 0.141 e. The molecule has 4 nitrogen and oxygen atoms in total. The highest BCUT2D eigenvalue weighted by Gasteiger charge is 2.28. The number of nitrogens with two attached hydrogens (primary N) is 2. The molecule has 21 heavy (non-hydrogen) atoms. The van der Waals surface area contributed by atoms with Crippen LogP contribution in [0, 0.1) is 6.92 Å². The van der Waals surface area contributed by atoms with Crippen LogP contribution in [0.5, 0.6) is 0 Å². The summed E-state index contributed by atoms with van der Waals surface area (Å²) in [5.41, 5.74) is 17.7. The molecule has 0 radical (unpaired) electrons. The zero-order valence-electron chi connectivity index (χ0n) is 12.0. The summed E-state index contributed by atoms with van der Waals surface area (Å²) in [5, 5.41) is 0. The molecule has 4 rings (SSSR count). The quantitative estimate of drug-likeness (QED) is 0.705. The van der Waals surface area contributed by atoms with Gasteiger partial charge in [-0.25, -0.2) is 4.98 Å². The topological polar surface area (TPSA) is 69.9 Å². The number of fused-ring (bicyclic) bond motifs is 1. The number of anilines is 2. The summed E-state index contributed by atoms with van der Waals surface area (Å²) >= 11 is 0. The second-order valence-corrected chi connectivity index (χ2v) is 5.92. The molecular formula is C17H18N4. The highest BCUT2D eigenvalue weighted by molar-refractivity contribution is 5.83. The van der Waals surface area contributed by atoms with E-state index in [1.54, 1.807) is 6.07 Å². The van der Waals surface area contributed by atoms with Gasteiger partial charge in [0.05, 0.1) is 11.0 Å². The smallest absolute Gasteiger partial charge is 0.141 e. The predicted molar refractivity (Wildman–Crippen MR) is 87.0 cm³/mol. The Hall–Kier alpha value is -2.49. The van der Waals surface area contributed by atoms with Crippen molar-refractivity contribution in [1.82, 2.24) is 9.55 Å². The summed E-state index contributed by atoms with van der Waals surface area (Å²) < 4.78 is 2.34. The summed E-state index contributed by atoms with van der Waals surface area (Å²) in [6.45, 7) is 2.09. The summed E-state index contributed by atoms with van der Waals surface area (Å²) in [4.78, 5) is 4.84. The zero-order valence-corrected chi connectivity index (χ0v) is 12.0. The van der Waals surface area contributed by atoms with Crippen molar-refractivity contribution in [2.45, 2.75) is 25.8 Å². The van der Waals surface area contributed by atoms with E-state index in [9.17, 15) is 0 Å². The molecule has 1 aliphatic carbocycles. The highest BCUT2D eigenvalue weighted by atomic mass is 15.1. The molecule has 0 amide bonds. The molecule has 0 unspecified atom stereocenters. The second-order valence-electron chi connectivity index (χ2n) is 5.92. The standard InChI is InChI=1S/C17H18N4/c1-10-2-5-16-15(6-10)20-17(21(16)14-3-4-14)11-7-12(18)9-13(19)8-11/h2,5-9,14H,3-4,18-19H2,1H3. The van der Waals surface area contributed by atoms with Gasteiger partial charge >= 0.3 is 0 Å². The van der Waals surface area contributed by atoms with E-state index >= 15 is 0 Å². The minimum atomic E-state index is 0.551. The van der Waals surface area contributed by atoms with Crippen LogP contribution in [0.1, 0.15) is 24.4 Å². The maximum absolute atomic E-state index is 5.94. The Morgan fingerprint density at radius 2 is 1.76 bits per heavy atom. The first kappa shape index (κ1) is 12.3. The van der Waals surface area contributed by atoms with Crippen LogP contribution in [-0.2, 0) is 0 Å². The molecule has 1 fully saturated rings. The van der Waals surface area contributed by atoms with Gasteiger partial charge in [0.15, 0.2) is 0 Å². The van der Waals surface area contributed by atoms with Crippen LogP contribution in [0.25, 0.3) is 22.4 Å². The molecule has 2 aromatic carbocycles. The number of imidazole rings is 1. The van der Waals surface area contributed by atoms with Gasteiger partial charge in [0, 0.05) is 23.0 Å². The Morgan fingerprint density at radius 3 is 2.43 bits per heavy atom. The molecule has 0 spiro atoms. The minimum Gasteiger partial charge on any atom is -0.399 e. The molecule has 4 heteroatoms. The monoisotopic (exact) mass is 278 g/mol. The van der Waals surface area contributed by atoms with Crippen molar-refractivity contribution in [3.05, 3.63) is 42.0 Å². The Balaban J connectivity index is 2.00. The number of nitrogens with zero attached hydrogens (tertiary/aromatic N) is 2. The van der Waals surface area contributed by atoms with Crippen LogP contribution in [0.2, 0.25) is 0 Å². The van der Waals surface area contributed by atoms with E-state index < -0.39 is 0 Å². The van der Waals surface area contributed by atoms with Crippen molar-refractivity contribution in [1.29, 1.82) is 0 Å². The summed E-state index contributed by atoms with van der Waals surface area (Å²) in [5.74, 6) is 0.970. The van der Waals surface area contributed by atoms with Gasteiger partial charge < -0.3 is 16.0 Å². The van der Waals surface area contributed by atoms with Crippen LogP contribution >= 0.6 is 0 Å². The van der Waals surface area contributed by atoms with Crippen molar-refractivity contribution in [3.8, 4) is 11.4 Å². The fourth-order valence-electron chi connectivity index (χ4n) is 2.92. The summed E-state index contributed by atoms with van der Waals surface area (Å²) in [6.07, 6.45) is 2.42. The van der Waals surface area contributed by atoms with Crippen molar-refractivity contribution in [2.75, 3.05) is 11.5 Å². The fraction of sp³-hybridized carbons (Fsp3) is 0.235. The maximum atomic E-state index is 5.94. The molecule has 0 aliphatic heterocycles. The third-order valence-corrected chi connectivity index (χ3v) is 3.99. The van der Waals surface area contributed by atoms with E-state index in [2.05, 4.69) is 29.7 Å². The van der Waals surface area contributed by atoms with Crippen molar-refractivity contribution < 1.29 is 0 Å². The van der Waals surface area contributed by atoms with Crippen LogP contribution in [0.4, 0.5) is 11.4 Å². The first-order valence-electron chi connectivity index (χ1n) is 7.27. The average molecular weight is 278 g/mol. The molecule has 0 bridgehead atoms. The van der Waals surface area contributed by atoms with Crippen LogP contribution in [0.15, 0.2) is 36.4 Å². The molecule has 3 aromatic rings. The number of hydrogen-bond donors (Lipinski definition) is 2. The number of benzene rings is 2. The van der Waals surface area contributed by atoms with E-state index in [1.165, 1.54) is 23.9 Å². The first-order chi connectivity index (χ1) is 10.1. The molecule has 1 aromatic heterocycles. The van der Waals surface area contributed by atoms with Crippen molar-refractivity contribution in [3.63, 3.8) is 0 Å². The highest BCUT2D eigenvalue weighted by Crippen LogP contribution is 2.41. The Morgan fingerprint density at radius 1 is 1.05 bits per heavy atom. The molecule has 0 saturated heterocycles. The average Bonchev–Trinajstić information content (AvgIpc) is 3.18. The van der Waals surface area contributed by atoms with E-state index in [4.69, 9.17) is 16.5 Å². The zero-order chi connectivity index (χ0) is 14.6. The Kier molecular flexibility index (Phi) is 2.48. The number of rotatable bonds is 2. The van der Waals surface area contributed by atoms with Gasteiger partial charge in [0.25, 0.3) is 0 Å². The number of aryl methyl sites for hydroxylation is 1. The van der Waals surface area contributed by atoms with E-state index in [1.807, 2.05) is 12.1 Å². The van der Waals surface area contributed by atoms with Gasteiger partial charge in [-0.3, -0.25) is 0 Å². The molecular weight excluding hydrogens is 260 g/mol. The third-order valence-electron chi connectivity index (χ3n) is 3.99. The normalized spacial score (nSPS) is 14.7. The lowest BCUT2D eigenvalue weighted by atomic mass is 10.1. The Labute approximate surface area is 123 Å². The van der Waals surface area contributed by atoms with E-state index in [-0.39, 0.29) is 0 Å². The van der Waals surface area contributed by atoms with Gasteiger partial charge in [-0.1, -0.05) is 6.07 Å². The fourth-order valence-corrected chi connectivity index (χ4v) is 2.92. The van der Waals surface area contributed by atoms with Crippen LogP contribution < -0.4 is 11.5 Å². The molecule has 0 atom stereocenters. The summed E-state index contributed by atoms with van der Waals surface area (Å²) in [6, 6.07) is 12.7. The SMILES string of the molecule is Cc1ccc2c(c1)nc(-c1cc(N)cc(N)c1)n2C1CC1. The van der Waals surface area contributed by atoms with Gasteiger partial charge in [0.2, 0.25) is 0 Å². The first-order valence-corrected chi connectivity index (χ1v) is 7.27. The molecule has 1 saturated carbocycles. The molecule has 1 aliphatic rings. The minimum absolute atomic E-state index is 0.551. The summed E-state index contributed by atoms with van der Waals surface area (Å²) in [7, 11) is 0. The number of aromatic nitrogens is 2. The van der Waals surface area contributed by atoms with E-state index in [0.29, 0.717) is 17.4 Å². The van der Waals surface area contributed by atoms with Crippen molar-refractivity contribution in [2.24, 2.45) is 0 Å². The molecule has 106 valence electrons. The van der Waals surface area contributed by atoms with Gasteiger partial charge in [-0.15, -0.1) is 0 Å². The largest absolute Gasteiger partial charge is 0.399 e. The number of nitrogen functional groups attached to an aromatic ring is 2. The molecule has 1 heterocycles. The van der Waals surface area contributed by atoms with Crippen LogP contribution in [-0.4, -0.2) is 9.55 Å². The van der Waals surface area contributed by atoms with Gasteiger partial charge in [-0.2, -0.15) is 0 Å². The number of hydrogen-bond acceptors (Lipinski definition) is 3. The van der Waals surface area contributed by atoms with E-state index in [0.717, 1.165) is 16.9 Å².